The van der Waals surface area contributed by atoms with E-state index in [1.54, 1.807) is 0 Å². The Balaban J connectivity index is 1.98. The highest BCUT2D eigenvalue weighted by atomic mass is 79.9. The van der Waals surface area contributed by atoms with Gasteiger partial charge in [0.05, 0.1) is 0 Å². The van der Waals surface area contributed by atoms with Crippen LogP contribution in [0.15, 0.2) is 0 Å². The zero-order chi connectivity index (χ0) is 13.6. The third-order valence-corrected chi connectivity index (χ3v) is 6.07. The minimum atomic E-state index is 0.173. The van der Waals surface area contributed by atoms with Crippen LogP contribution in [-0.2, 0) is 4.79 Å². The lowest BCUT2D eigenvalue weighted by molar-refractivity contribution is -0.135. The molecule has 0 N–H and O–H groups in total. The molecular weight excluding hydrogens is 290 g/mol. The highest BCUT2D eigenvalue weighted by Crippen LogP contribution is 2.68. The van der Waals surface area contributed by atoms with Crippen LogP contribution in [0.1, 0.15) is 47.0 Å². The van der Waals surface area contributed by atoms with Crippen molar-refractivity contribution < 1.29 is 4.79 Å². The number of piperidine rings is 1. The maximum Gasteiger partial charge on any atom is 0.226 e. The third-order valence-electron chi connectivity index (χ3n) is 5.62. The van der Waals surface area contributed by atoms with Gasteiger partial charge in [0.15, 0.2) is 0 Å². The summed E-state index contributed by atoms with van der Waals surface area (Å²) < 4.78 is 0. The summed E-state index contributed by atoms with van der Waals surface area (Å²) in [4.78, 5) is 14.8. The number of alkyl halides is 1. The zero-order valence-corrected chi connectivity index (χ0v) is 13.7. The van der Waals surface area contributed by atoms with E-state index in [4.69, 9.17) is 0 Å². The van der Waals surface area contributed by atoms with E-state index in [9.17, 15) is 4.79 Å². The van der Waals surface area contributed by atoms with Crippen molar-refractivity contribution >= 4 is 21.8 Å². The molecule has 1 atom stereocenters. The van der Waals surface area contributed by atoms with Crippen molar-refractivity contribution in [2.45, 2.75) is 47.0 Å². The summed E-state index contributed by atoms with van der Waals surface area (Å²) in [6, 6.07) is 0. The van der Waals surface area contributed by atoms with Crippen molar-refractivity contribution in [3.63, 3.8) is 0 Å². The third kappa shape index (κ3) is 2.23. The van der Waals surface area contributed by atoms with E-state index >= 15 is 0 Å². The lowest BCUT2D eigenvalue weighted by Gasteiger charge is -2.33. The van der Waals surface area contributed by atoms with Crippen LogP contribution in [0.5, 0.6) is 0 Å². The monoisotopic (exact) mass is 315 g/mol. The van der Waals surface area contributed by atoms with Gasteiger partial charge >= 0.3 is 0 Å². The first kappa shape index (κ1) is 14.4. The smallest absolute Gasteiger partial charge is 0.226 e. The summed E-state index contributed by atoms with van der Waals surface area (Å²) >= 11 is 3.52. The van der Waals surface area contributed by atoms with Gasteiger partial charge < -0.3 is 4.90 Å². The molecule has 1 aliphatic heterocycles. The Morgan fingerprint density at radius 1 is 1.28 bits per heavy atom. The molecule has 104 valence electrons. The molecule has 0 spiro atoms. The summed E-state index contributed by atoms with van der Waals surface area (Å²) in [6.45, 7) is 10.9. The predicted molar refractivity (Wildman–Crippen MR) is 78.8 cm³/mol. The first-order chi connectivity index (χ1) is 8.32. The van der Waals surface area contributed by atoms with Crippen LogP contribution < -0.4 is 0 Å². The number of nitrogens with zero attached hydrogens (tertiary/aromatic N) is 1. The van der Waals surface area contributed by atoms with E-state index in [0.29, 0.717) is 11.8 Å². The van der Waals surface area contributed by atoms with Crippen LogP contribution in [-0.4, -0.2) is 29.2 Å². The highest BCUT2D eigenvalue weighted by molar-refractivity contribution is 9.09. The number of amides is 1. The van der Waals surface area contributed by atoms with E-state index < -0.39 is 0 Å². The molecule has 1 unspecified atom stereocenters. The zero-order valence-electron chi connectivity index (χ0n) is 12.1. The van der Waals surface area contributed by atoms with Crippen LogP contribution >= 0.6 is 15.9 Å². The van der Waals surface area contributed by atoms with Gasteiger partial charge in [0.1, 0.15) is 0 Å². The molecule has 1 heterocycles. The fraction of sp³-hybridized carbons (Fsp3) is 0.933. The molecule has 1 amide bonds. The number of carbonyl (C=O) groups excluding carboxylic acids is 1. The molecule has 1 saturated heterocycles. The van der Waals surface area contributed by atoms with Gasteiger partial charge in [-0.15, -0.1) is 0 Å². The number of hydrogen-bond acceptors (Lipinski definition) is 1. The average Bonchev–Trinajstić information content (AvgIpc) is 2.69. The minimum absolute atomic E-state index is 0.173. The minimum Gasteiger partial charge on any atom is -0.342 e. The van der Waals surface area contributed by atoms with Gasteiger partial charge in [-0.05, 0) is 36.0 Å². The summed E-state index contributed by atoms with van der Waals surface area (Å²) in [5, 5.41) is 1.06. The normalized spacial score (nSPS) is 30.3. The van der Waals surface area contributed by atoms with Gasteiger partial charge in [0.25, 0.3) is 0 Å². The quantitative estimate of drug-likeness (QED) is 0.727. The lowest BCUT2D eigenvalue weighted by atomic mass is 9.95. The second-order valence-corrected chi connectivity index (χ2v) is 7.94. The molecule has 1 aliphatic carbocycles. The molecule has 2 aliphatic rings. The number of hydrogen-bond donors (Lipinski definition) is 0. The average molecular weight is 316 g/mol. The van der Waals surface area contributed by atoms with E-state index in [-0.39, 0.29) is 16.7 Å². The topological polar surface area (TPSA) is 20.3 Å². The van der Waals surface area contributed by atoms with Crippen LogP contribution in [0.25, 0.3) is 0 Å². The number of likely N-dealkylation sites (tertiary alicyclic amines) is 1. The molecule has 0 bridgehead atoms. The standard InChI is InChI=1S/C15H26BrNO/c1-14(2)12(15(14,3)4)13(18)17-9-5-6-11(10-17)7-8-16/h11-12H,5-10H2,1-4H3. The second-order valence-electron chi connectivity index (χ2n) is 7.15. The molecule has 18 heavy (non-hydrogen) atoms. The molecule has 0 aromatic carbocycles. The molecule has 0 aromatic rings. The van der Waals surface area contributed by atoms with E-state index in [1.807, 2.05) is 0 Å². The Morgan fingerprint density at radius 2 is 1.89 bits per heavy atom. The van der Waals surface area contributed by atoms with Crippen molar-refractivity contribution in [3.8, 4) is 0 Å². The van der Waals surface area contributed by atoms with Crippen LogP contribution in [0.2, 0.25) is 0 Å². The number of rotatable bonds is 3. The Bertz CT molecular complexity index is 321. The van der Waals surface area contributed by atoms with Gasteiger partial charge in [-0.25, -0.2) is 0 Å². The Labute approximate surface area is 120 Å². The van der Waals surface area contributed by atoms with Crippen LogP contribution in [0.4, 0.5) is 0 Å². The fourth-order valence-electron chi connectivity index (χ4n) is 3.65. The maximum absolute atomic E-state index is 12.7. The Morgan fingerprint density at radius 3 is 2.39 bits per heavy atom. The summed E-state index contributed by atoms with van der Waals surface area (Å²) in [7, 11) is 0. The van der Waals surface area contributed by atoms with Crippen molar-refractivity contribution in [2.24, 2.45) is 22.7 Å². The maximum atomic E-state index is 12.7. The first-order valence-corrected chi connectivity index (χ1v) is 8.29. The van der Waals surface area contributed by atoms with Gasteiger partial charge in [0, 0.05) is 24.3 Å². The van der Waals surface area contributed by atoms with Gasteiger partial charge in [0.2, 0.25) is 5.91 Å². The Hall–Kier alpha value is -0.0500. The summed E-state index contributed by atoms with van der Waals surface area (Å²) in [5.74, 6) is 1.34. The van der Waals surface area contributed by atoms with Gasteiger partial charge in [-0.1, -0.05) is 43.6 Å². The van der Waals surface area contributed by atoms with Crippen LogP contribution in [0.3, 0.4) is 0 Å². The second kappa shape index (κ2) is 4.81. The van der Waals surface area contributed by atoms with Crippen molar-refractivity contribution in [2.75, 3.05) is 18.4 Å². The molecular formula is C15H26BrNO. The number of carbonyl (C=O) groups is 1. The van der Waals surface area contributed by atoms with Crippen molar-refractivity contribution in [3.05, 3.63) is 0 Å². The first-order valence-electron chi connectivity index (χ1n) is 7.17. The molecule has 1 saturated carbocycles. The largest absolute Gasteiger partial charge is 0.342 e. The van der Waals surface area contributed by atoms with E-state index in [2.05, 4.69) is 48.5 Å². The summed E-state index contributed by atoms with van der Waals surface area (Å²) in [5.41, 5.74) is 0.346. The molecule has 2 rings (SSSR count). The van der Waals surface area contributed by atoms with Gasteiger partial charge in [-0.3, -0.25) is 4.79 Å². The molecule has 0 aromatic heterocycles. The number of halogens is 1. The molecule has 3 heteroatoms. The highest BCUT2D eigenvalue weighted by Gasteiger charge is 2.68. The van der Waals surface area contributed by atoms with E-state index in [1.165, 1.54) is 19.3 Å². The predicted octanol–water partition coefficient (Wildman–Crippen LogP) is 3.69. The molecule has 0 radical (unpaired) electrons. The molecule has 2 nitrogen and oxygen atoms in total. The van der Waals surface area contributed by atoms with Gasteiger partial charge in [-0.2, -0.15) is 0 Å². The van der Waals surface area contributed by atoms with Crippen molar-refractivity contribution in [1.29, 1.82) is 0 Å². The SMILES string of the molecule is CC1(C)C(C(=O)N2CCCC(CCBr)C2)C1(C)C. The van der Waals surface area contributed by atoms with E-state index in [0.717, 1.165) is 18.4 Å². The van der Waals surface area contributed by atoms with Crippen molar-refractivity contribution in [1.82, 2.24) is 4.90 Å². The molecule has 2 fully saturated rings. The Kier molecular flexibility index (Phi) is 3.84. The lowest BCUT2D eigenvalue weighted by Crippen LogP contribution is -2.41. The summed E-state index contributed by atoms with van der Waals surface area (Å²) in [6.07, 6.45) is 3.66. The van der Waals surface area contributed by atoms with Crippen LogP contribution in [0, 0.1) is 22.7 Å². The fourth-order valence-corrected chi connectivity index (χ4v) is 4.30.